The number of rotatable bonds is 11. The van der Waals surface area contributed by atoms with Crippen LogP contribution in [0, 0.1) is 5.41 Å². The molecule has 0 fully saturated rings. The number of carboxylic acid groups (broad SMARTS) is 1. The van der Waals surface area contributed by atoms with Gasteiger partial charge in [0.05, 0.1) is 11.4 Å². The third-order valence-electron chi connectivity index (χ3n) is 3.54. The van der Waals surface area contributed by atoms with Gasteiger partial charge in [-0.2, -0.15) is 0 Å². The van der Waals surface area contributed by atoms with Gasteiger partial charge in [-0.05, 0) is 62.8 Å². The van der Waals surface area contributed by atoms with E-state index in [1.165, 1.54) is 17.5 Å². The molecule has 0 radical (unpaired) electrons. The van der Waals surface area contributed by atoms with Gasteiger partial charge >= 0.3 is 5.97 Å². The van der Waals surface area contributed by atoms with Crippen molar-refractivity contribution in [2.45, 2.75) is 57.3 Å². The van der Waals surface area contributed by atoms with Gasteiger partial charge in [-0.15, -0.1) is 0 Å². The van der Waals surface area contributed by atoms with Crippen LogP contribution >= 0.6 is 11.9 Å². The molecule has 0 aliphatic heterocycles. The first-order valence-electron chi connectivity index (χ1n) is 8.15. The second-order valence-electron chi connectivity index (χ2n) is 5.84. The molecule has 5 nitrogen and oxygen atoms in total. The molecule has 0 heterocycles. The molecule has 1 aromatic rings. The van der Waals surface area contributed by atoms with E-state index >= 15 is 0 Å². The average molecular weight is 350 g/mol. The Morgan fingerprint density at radius 3 is 2.58 bits per heavy atom. The van der Waals surface area contributed by atoms with E-state index < -0.39 is 5.97 Å². The third-order valence-corrected chi connectivity index (χ3v) is 4.34. The molecular weight excluding hydrogens is 322 g/mol. The van der Waals surface area contributed by atoms with Gasteiger partial charge in [0.25, 0.3) is 0 Å². The van der Waals surface area contributed by atoms with Gasteiger partial charge < -0.3 is 21.0 Å². The van der Waals surface area contributed by atoms with Crippen molar-refractivity contribution in [1.82, 2.24) is 4.72 Å². The monoisotopic (exact) mass is 349 g/mol. The van der Waals surface area contributed by atoms with Gasteiger partial charge in [0.2, 0.25) is 0 Å². The number of unbranched alkanes of at least 4 members (excludes halogenated alkanes) is 3. The Balaban J connectivity index is 2.42. The van der Waals surface area contributed by atoms with Gasteiger partial charge in [0.1, 0.15) is 0 Å². The maximum atomic E-state index is 10.5. The standard InChI is InChI=1S/C18H27N3O2S/c1-13(19)18(14(2)20)21-24-16-10-7-9-15(12-16)8-5-3-4-6-11-17(22)23/h7,9-10,12,19,21H,3-6,8,11,20H2,1-2H3,(H,22,23). The summed E-state index contributed by atoms with van der Waals surface area (Å²) >= 11 is 1.46. The van der Waals surface area contributed by atoms with Gasteiger partial charge in [0.15, 0.2) is 0 Å². The zero-order valence-corrected chi connectivity index (χ0v) is 15.2. The average Bonchev–Trinajstić information content (AvgIpc) is 2.50. The molecule has 0 amide bonds. The summed E-state index contributed by atoms with van der Waals surface area (Å²) in [5, 5.41) is 16.3. The molecule has 0 saturated carbocycles. The van der Waals surface area contributed by atoms with Crippen LogP contribution in [0.2, 0.25) is 0 Å². The summed E-state index contributed by atoms with van der Waals surface area (Å²) in [5.74, 6) is -0.714. The summed E-state index contributed by atoms with van der Waals surface area (Å²) in [6.45, 7) is 3.49. The van der Waals surface area contributed by atoms with E-state index in [1.807, 2.05) is 12.1 Å². The highest BCUT2D eigenvalue weighted by Crippen LogP contribution is 2.19. The van der Waals surface area contributed by atoms with E-state index in [9.17, 15) is 4.79 Å². The quantitative estimate of drug-likeness (QED) is 0.274. The Labute approximate surface area is 148 Å². The van der Waals surface area contributed by atoms with Crippen LogP contribution in [-0.2, 0) is 11.2 Å². The van der Waals surface area contributed by atoms with E-state index in [4.69, 9.17) is 16.2 Å². The Kier molecular flexibility index (Phi) is 9.01. The van der Waals surface area contributed by atoms with E-state index in [-0.39, 0.29) is 6.42 Å². The molecule has 132 valence electrons. The van der Waals surface area contributed by atoms with Crippen molar-refractivity contribution < 1.29 is 9.90 Å². The number of nitrogens with two attached hydrogens (primary N) is 1. The Morgan fingerprint density at radius 1 is 1.25 bits per heavy atom. The lowest BCUT2D eigenvalue weighted by atomic mass is 10.1. The number of hydrogen-bond acceptors (Lipinski definition) is 5. The third kappa shape index (κ3) is 8.06. The molecule has 0 saturated heterocycles. The predicted octanol–water partition coefficient (Wildman–Crippen LogP) is 4.09. The highest BCUT2D eigenvalue weighted by atomic mass is 32.2. The molecule has 0 unspecified atom stereocenters. The molecule has 0 spiro atoms. The number of nitrogens with one attached hydrogen (secondary N) is 2. The van der Waals surface area contributed by atoms with Crippen molar-refractivity contribution in [2.24, 2.45) is 5.73 Å². The lowest BCUT2D eigenvalue weighted by Gasteiger charge is -2.11. The number of aliphatic carboxylic acids is 1. The maximum Gasteiger partial charge on any atom is 0.303 e. The minimum absolute atomic E-state index is 0.265. The zero-order valence-electron chi connectivity index (χ0n) is 14.4. The number of aryl methyl sites for hydroxylation is 1. The molecule has 5 N–H and O–H groups in total. The Morgan fingerprint density at radius 2 is 1.96 bits per heavy atom. The highest BCUT2D eigenvalue weighted by molar-refractivity contribution is 7.97. The van der Waals surface area contributed by atoms with Crippen LogP contribution in [0.3, 0.4) is 0 Å². The van der Waals surface area contributed by atoms with Gasteiger partial charge in [-0.1, -0.05) is 25.0 Å². The largest absolute Gasteiger partial charge is 0.481 e. The van der Waals surface area contributed by atoms with E-state index in [1.54, 1.807) is 13.8 Å². The molecule has 6 heteroatoms. The fourth-order valence-corrected chi connectivity index (χ4v) is 3.18. The van der Waals surface area contributed by atoms with Gasteiger partial charge in [0, 0.05) is 17.0 Å². The smallest absolute Gasteiger partial charge is 0.303 e. The summed E-state index contributed by atoms with van der Waals surface area (Å²) in [6.07, 6.45) is 5.09. The second kappa shape index (κ2) is 10.8. The van der Waals surface area contributed by atoms with Crippen molar-refractivity contribution in [1.29, 1.82) is 5.41 Å². The van der Waals surface area contributed by atoms with Crippen LogP contribution in [0.4, 0.5) is 0 Å². The van der Waals surface area contributed by atoms with Crippen molar-refractivity contribution in [3.8, 4) is 0 Å². The highest BCUT2D eigenvalue weighted by Gasteiger charge is 2.04. The molecule has 24 heavy (non-hydrogen) atoms. The Bertz CT molecular complexity index is 596. The fourth-order valence-electron chi connectivity index (χ4n) is 2.29. The van der Waals surface area contributed by atoms with Crippen LogP contribution in [0.25, 0.3) is 0 Å². The molecule has 1 rings (SSSR count). The van der Waals surface area contributed by atoms with Crippen molar-refractivity contribution >= 4 is 23.6 Å². The molecule has 0 aliphatic rings. The first kappa shape index (κ1) is 20.1. The number of carbonyl (C=O) groups is 1. The predicted molar refractivity (Wildman–Crippen MR) is 100 cm³/mol. The lowest BCUT2D eigenvalue weighted by molar-refractivity contribution is -0.137. The van der Waals surface area contributed by atoms with Crippen LogP contribution in [0.5, 0.6) is 0 Å². The van der Waals surface area contributed by atoms with Crippen LogP contribution in [0.15, 0.2) is 40.6 Å². The lowest BCUT2D eigenvalue weighted by Crippen LogP contribution is -2.16. The topological polar surface area (TPSA) is 99.2 Å². The SMILES string of the molecule is CC(=N)C(NSc1cccc(CCCCCCC(=O)O)c1)=C(C)N. The van der Waals surface area contributed by atoms with Gasteiger partial charge in [-0.25, -0.2) is 0 Å². The molecule has 0 bridgehead atoms. The minimum Gasteiger partial charge on any atom is -0.481 e. The van der Waals surface area contributed by atoms with Crippen LogP contribution < -0.4 is 10.5 Å². The van der Waals surface area contributed by atoms with E-state index in [0.29, 0.717) is 17.1 Å². The maximum absolute atomic E-state index is 10.5. The number of hydrogen-bond donors (Lipinski definition) is 4. The van der Waals surface area contributed by atoms with Crippen LogP contribution in [-0.4, -0.2) is 16.8 Å². The summed E-state index contributed by atoms with van der Waals surface area (Å²) in [7, 11) is 0. The number of benzene rings is 1. The minimum atomic E-state index is -0.714. The number of carboxylic acids is 1. The first-order chi connectivity index (χ1) is 11.4. The Hall–Kier alpha value is -1.95. The summed E-state index contributed by atoms with van der Waals surface area (Å²) in [6, 6.07) is 8.29. The number of allylic oxidation sites excluding steroid dienone is 2. The van der Waals surface area contributed by atoms with Crippen molar-refractivity contribution in [3.63, 3.8) is 0 Å². The second-order valence-corrected chi connectivity index (χ2v) is 6.72. The fraction of sp³-hybridized carbons (Fsp3) is 0.444. The van der Waals surface area contributed by atoms with E-state index in [2.05, 4.69) is 16.9 Å². The van der Waals surface area contributed by atoms with Crippen molar-refractivity contribution in [3.05, 3.63) is 41.2 Å². The summed E-state index contributed by atoms with van der Waals surface area (Å²) in [5.41, 5.74) is 8.72. The normalized spacial score (nSPS) is 11.8. The van der Waals surface area contributed by atoms with Gasteiger partial charge in [-0.3, -0.25) is 4.79 Å². The molecule has 1 aromatic carbocycles. The molecule has 0 aliphatic carbocycles. The molecular formula is C18H27N3O2S. The van der Waals surface area contributed by atoms with Crippen molar-refractivity contribution in [2.75, 3.05) is 0 Å². The molecule has 0 atom stereocenters. The molecule has 0 aromatic heterocycles. The van der Waals surface area contributed by atoms with Crippen LogP contribution in [0.1, 0.15) is 51.5 Å². The summed E-state index contributed by atoms with van der Waals surface area (Å²) < 4.78 is 3.15. The first-order valence-corrected chi connectivity index (χ1v) is 8.97. The zero-order chi connectivity index (χ0) is 17.9. The van der Waals surface area contributed by atoms with E-state index in [0.717, 1.165) is 37.0 Å². The summed E-state index contributed by atoms with van der Waals surface area (Å²) in [4.78, 5) is 11.5.